The van der Waals surface area contributed by atoms with Crippen LogP contribution in [0, 0.1) is 0 Å². The zero-order chi connectivity index (χ0) is 14.9. The van der Waals surface area contributed by atoms with Crippen molar-refractivity contribution in [2.75, 3.05) is 7.05 Å². The third kappa shape index (κ3) is 3.54. The predicted molar refractivity (Wildman–Crippen MR) is 90.3 cm³/mol. The summed E-state index contributed by atoms with van der Waals surface area (Å²) in [6.07, 6.45) is 1.95. The van der Waals surface area contributed by atoms with Crippen molar-refractivity contribution in [2.24, 2.45) is 0 Å². The molecule has 0 spiro atoms. The summed E-state index contributed by atoms with van der Waals surface area (Å²) in [7, 11) is 1.83. The van der Waals surface area contributed by atoms with E-state index in [1.807, 2.05) is 29.9 Å². The maximum Gasteiger partial charge on any atom is 0.270 e. The van der Waals surface area contributed by atoms with Gasteiger partial charge in [-0.1, -0.05) is 0 Å². The highest BCUT2D eigenvalue weighted by Crippen LogP contribution is 2.23. The molecule has 2 heterocycles. The molecule has 0 bridgehead atoms. The predicted octanol–water partition coefficient (Wildman–Crippen LogP) is 4.93. The first-order valence-electron chi connectivity index (χ1n) is 6.24. The minimum Gasteiger partial charge on any atom is -0.340 e. The molecule has 20 heavy (non-hydrogen) atoms. The lowest BCUT2D eigenvalue weighted by molar-refractivity contribution is 0.0773. The molecule has 108 valence electrons. The first-order valence-corrected chi connectivity index (χ1v) is 8.70. The van der Waals surface area contributed by atoms with Crippen molar-refractivity contribution in [3.8, 4) is 0 Å². The Balaban J connectivity index is 2.18. The van der Waals surface area contributed by atoms with Gasteiger partial charge in [0.05, 0.1) is 3.79 Å². The Morgan fingerprint density at radius 1 is 1.40 bits per heavy atom. The number of rotatable bonds is 4. The molecule has 1 amide bonds. The van der Waals surface area contributed by atoms with Gasteiger partial charge >= 0.3 is 0 Å². The van der Waals surface area contributed by atoms with Gasteiger partial charge in [0.15, 0.2) is 0 Å². The normalized spacial score (nSPS) is 11.1. The van der Waals surface area contributed by atoms with Gasteiger partial charge in [0.25, 0.3) is 5.91 Å². The summed E-state index contributed by atoms with van der Waals surface area (Å²) < 4.78 is 4.01. The standard InChI is InChI=1S/C14H16Br2N2OS/c1-9(2)18-7-11(15)5-12(18)14(19)17(3)6-10-4-13(16)20-8-10/h4-5,7-9H,6H2,1-3H3. The quantitative estimate of drug-likeness (QED) is 0.689. The van der Waals surface area contributed by atoms with Crippen LogP contribution in [0.1, 0.15) is 35.9 Å². The van der Waals surface area contributed by atoms with E-state index in [0.717, 1.165) is 13.8 Å². The van der Waals surface area contributed by atoms with Gasteiger partial charge in [0.2, 0.25) is 0 Å². The van der Waals surface area contributed by atoms with Crippen LogP contribution in [0.2, 0.25) is 0 Å². The van der Waals surface area contributed by atoms with E-state index in [1.165, 1.54) is 0 Å². The van der Waals surface area contributed by atoms with Gasteiger partial charge in [0.1, 0.15) is 5.69 Å². The second-order valence-corrected chi connectivity index (χ2v) is 8.17. The molecule has 2 rings (SSSR count). The molecule has 0 aliphatic carbocycles. The van der Waals surface area contributed by atoms with Gasteiger partial charge in [-0.2, -0.15) is 0 Å². The average Bonchev–Trinajstić information content (AvgIpc) is 2.94. The lowest BCUT2D eigenvalue weighted by Gasteiger charge is -2.19. The summed E-state index contributed by atoms with van der Waals surface area (Å²) in [4.78, 5) is 14.3. The summed E-state index contributed by atoms with van der Waals surface area (Å²) in [5, 5.41) is 2.06. The van der Waals surface area contributed by atoms with Crippen LogP contribution in [0.25, 0.3) is 0 Å². The van der Waals surface area contributed by atoms with Gasteiger partial charge in [0, 0.05) is 30.3 Å². The fourth-order valence-corrected chi connectivity index (χ4v) is 3.65. The maximum absolute atomic E-state index is 12.6. The number of hydrogen-bond acceptors (Lipinski definition) is 2. The van der Waals surface area contributed by atoms with Crippen molar-refractivity contribution >= 4 is 49.1 Å². The fraction of sp³-hybridized carbons (Fsp3) is 0.357. The van der Waals surface area contributed by atoms with E-state index >= 15 is 0 Å². The van der Waals surface area contributed by atoms with Gasteiger partial charge < -0.3 is 9.47 Å². The van der Waals surface area contributed by atoms with Crippen LogP contribution in [0.3, 0.4) is 0 Å². The van der Waals surface area contributed by atoms with Gasteiger partial charge in [-0.25, -0.2) is 0 Å². The van der Waals surface area contributed by atoms with Crippen LogP contribution in [0.4, 0.5) is 0 Å². The zero-order valence-electron chi connectivity index (χ0n) is 11.6. The molecule has 0 N–H and O–H groups in total. The SMILES string of the molecule is CC(C)n1cc(Br)cc1C(=O)N(C)Cc1csc(Br)c1. The molecule has 6 heteroatoms. The first kappa shape index (κ1) is 15.8. The number of thiophene rings is 1. The monoisotopic (exact) mass is 418 g/mol. The molecule has 2 aromatic rings. The van der Waals surface area contributed by atoms with Crippen LogP contribution in [0.15, 0.2) is 32.0 Å². The minimum atomic E-state index is 0.0340. The van der Waals surface area contributed by atoms with E-state index in [2.05, 4.69) is 51.1 Å². The fourth-order valence-electron chi connectivity index (χ4n) is 2.01. The third-order valence-electron chi connectivity index (χ3n) is 2.98. The van der Waals surface area contributed by atoms with Crippen LogP contribution >= 0.6 is 43.2 Å². The third-order valence-corrected chi connectivity index (χ3v) is 4.97. The van der Waals surface area contributed by atoms with Crippen LogP contribution in [0.5, 0.6) is 0 Å². The van der Waals surface area contributed by atoms with E-state index in [-0.39, 0.29) is 11.9 Å². The van der Waals surface area contributed by atoms with Crippen molar-refractivity contribution in [3.05, 3.63) is 43.2 Å². The molecule has 0 aromatic carbocycles. The molecule has 0 fully saturated rings. The summed E-state index contributed by atoms with van der Waals surface area (Å²) in [5.41, 5.74) is 1.85. The van der Waals surface area contributed by atoms with E-state index in [1.54, 1.807) is 16.2 Å². The van der Waals surface area contributed by atoms with Crippen LogP contribution in [-0.2, 0) is 6.54 Å². The highest BCUT2D eigenvalue weighted by atomic mass is 79.9. The van der Waals surface area contributed by atoms with Gasteiger partial charge in [-0.15, -0.1) is 11.3 Å². The molecular weight excluding hydrogens is 404 g/mol. The molecule has 2 aromatic heterocycles. The van der Waals surface area contributed by atoms with E-state index in [4.69, 9.17) is 0 Å². The van der Waals surface area contributed by atoms with Crippen molar-refractivity contribution in [1.82, 2.24) is 9.47 Å². The molecule has 0 saturated carbocycles. The lowest BCUT2D eigenvalue weighted by Crippen LogP contribution is -2.28. The molecule has 0 radical (unpaired) electrons. The lowest BCUT2D eigenvalue weighted by atomic mass is 10.3. The molecule has 0 aliphatic heterocycles. The van der Waals surface area contributed by atoms with Crippen molar-refractivity contribution in [1.29, 1.82) is 0 Å². The molecule has 0 aliphatic rings. The number of amides is 1. The van der Waals surface area contributed by atoms with Crippen LogP contribution < -0.4 is 0 Å². The zero-order valence-corrected chi connectivity index (χ0v) is 15.5. The Hall–Kier alpha value is -0.590. The van der Waals surface area contributed by atoms with Gasteiger partial charge in [-0.3, -0.25) is 4.79 Å². The first-order chi connectivity index (χ1) is 9.38. The summed E-state index contributed by atoms with van der Waals surface area (Å²) in [6.45, 7) is 4.75. The summed E-state index contributed by atoms with van der Waals surface area (Å²) in [5.74, 6) is 0.0340. The number of aromatic nitrogens is 1. The topological polar surface area (TPSA) is 25.2 Å². The molecular formula is C14H16Br2N2OS. The highest BCUT2D eigenvalue weighted by molar-refractivity contribution is 9.11. The number of carbonyl (C=O) groups excluding carboxylic acids is 1. The molecule has 0 saturated heterocycles. The average molecular weight is 420 g/mol. The maximum atomic E-state index is 12.6. The smallest absolute Gasteiger partial charge is 0.270 e. The highest BCUT2D eigenvalue weighted by Gasteiger charge is 2.19. The van der Waals surface area contributed by atoms with E-state index < -0.39 is 0 Å². The Morgan fingerprint density at radius 3 is 2.65 bits per heavy atom. The van der Waals surface area contributed by atoms with Gasteiger partial charge in [-0.05, 0) is 68.8 Å². The second-order valence-electron chi connectivity index (χ2n) is 4.96. The van der Waals surface area contributed by atoms with Crippen molar-refractivity contribution in [2.45, 2.75) is 26.4 Å². The Morgan fingerprint density at radius 2 is 2.10 bits per heavy atom. The number of halogens is 2. The number of carbonyl (C=O) groups is 1. The molecule has 3 nitrogen and oxygen atoms in total. The Bertz CT molecular complexity index is 618. The molecule has 0 unspecified atom stereocenters. The summed E-state index contributed by atoms with van der Waals surface area (Å²) in [6, 6.07) is 4.18. The number of nitrogens with zero attached hydrogens (tertiary/aromatic N) is 2. The van der Waals surface area contributed by atoms with E-state index in [0.29, 0.717) is 12.2 Å². The van der Waals surface area contributed by atoms with Crippen molar-refractivity contribution in [3.63, 3.8) is 0 Å². The molecule has 0 atom stereocenters. The minimum absolute atomic E-state index is 0.0340. The Labute approximate surface area is 139 Å². The second kappa shape index (κ2) is 6.45. The van der Waals surface area contributed by atoms with E-state index in [9.17, 15) is 4.79 Å². The Kier molecular flexibility index (Phi) is 5.09. The summed E-state index contributed by atoms with van der Waals surface area (Å²) >= 11 is 8.52. The van der Waals surface area contributed by atoms with Crippen LogP contribution in [-0.4, -0.2) is 22.4 Å². The number of hydrogen-bond donors (Lipinski definition) is 0. The largest absolute Gasteiger partial charge is 0.340 e. The van der Waals surface area contributed by atoms with Crippen molar-refractivity contribution < 1.29 is 4.79 Å².